The van der Waals surface area contributed by atoms with Crippen LogP contribution in [0.1, 0.15) is 0 Å². The number of anilines is 1. The number of nitrogens with zero attached hydrogens (tertiary/aromatic N) is 1. The lowest BCUT2D eigenvalue weighted by molar-refractivity contribution is 0.254. The van der Waals surface area contributed by atoms with Gasteiger partial charge in [0.05, 0.1) is 0 Å². The van der Waals surface area contributed by atoms with E-state index in [2.05, 4.69) is 34.4 Å². The zero-order valence-electron chi connectivity index (χ0n) is 10.9. The quantitative estimate of drug-likeness (QED) is 0.687. The molecule has 2 amide bonds. The monoisotopic (exact) mass is 253 g/mol. The van der Waals surface area contributed by atoms with Crippen LogP contribution in [-0.2, 0) is 7.05 Å². The molecule has 0 aliphatic rings. The first-order chi connectivity index (χ1) is 9.20. The fraction of sp³-hybridized carbons (Fsp3) is 0.133. The number of para-hydroxylation sites is 1. The Bertz CT molecular complexity index is 774. The molecule has 0 spiro atoms. The van der Waals surface area contributed by atoms with E-state index in [1.165, 1.54) is 10.9 Å². The van der Waals surface area contributed by atoms with Crippen LogP contribution in [0.25, 0.3) is 21.8 Å². The Morgan fingerprint density at radius 3 is 2.58 bits per heavy atom. The van der Waals surface area contributed by atoms with Crippen molar-refractivity contribution in [1.29, 1.82) is 0 Å². The van der Waals surface area contributed by atoms with Crippen molar-refractivity contribution in [3.05, 3.63) is 42.5 Å². The minimum Gasteiger partial charge on any atom is -0.344 e. The van der Waals surface area contributed by atoms with Gasteiger partial charge >= 0.3 is 6.03 Å². The number of aromatic nitrogens is 1. The first-order valence-electron chi connectivity index (χ1n) is 6.16. The predicted molar refractivity (Wildman–Crippen MR) is 78.5 cm³/mol. The molecule has 0 radical (unpaired) electrons. The molecule has 19 heavy (non-hydrogen) atoms. The van der Waals surface area contributed by atoms with E-state index in [-0.39, 0.29) is 6.03 Å². The molecule has 0 aliphatic heterocycles. The van der Waals surface area contributed by atoms with E-state index in [0.717, 1.165) is 16.6 Å². The Hall–Kier alpha value is -2.49. The molecule has 0 bridgehead atoms. The maximum Gasteiger partial charge on any atom is 0.318 e. The molecule has 2 N–H and O–H groups in total. The predicted octanol–water partition coefficient (Wildman–Crippen LogP) is 3.08. The van der Waals surface area contributed by atoms with Gasteiger partial charge < -0.3 is 15.2 Å². The molecule has 0 unspecified atom stereocenters. The van der Waals surface area contributed by atoms with Crippen LogP contribution in [0.15, 0.2) is 42.5 Å². The highest BCUT2D eigenvalue weighted by Gasteiger charge is 2.08. The Morgan fingerprint density at radius 2 is 1.79 bits per heavy atom. The van der Waals surface area contributed by atoms with Crippen LogP contribution in [0.2, 0.25) is 0 Å². The number of carbonyl (C=O) groups excluding carboxylic acids is 1. The largest absolute Gasteiger partial charge is 0.344 e. The van der Waals surface area contributed by atoms with E-state index in [9.17, 15) is 4.79 Å². The maximum atomic E-state index is 11.4. The van der Waals surface area contributed by atoms with Gasteiger partial charge in [0, 0.05) is 41.6 Å². The number of aryl methyl sites for hydroxylation is 1. The Labute approximate surface area is 111 Å². The van der Waals surface area contributed by atoms with Crippen molar-refractivity contribution < 1.29 is 4.79 Å². The zero-order chi connectivity index (χ0) is 13.4. The van der Waals surface area contributed by atoms with Gasteiger partial charge in [0.15, 0.2) is 0 Å². The molecule has 3 rings (SSSR count). The molecule has 0 saturated carbocycles. The van der Waals surface area contributed by atoms with E-state index in [0.29, 0.717) is 0 Å². The molecule has 0 atom stereocenters. The standard InChI is InChI=1S/C15H15N3O/c1-16-15(19)17-10-7-8-14-12(9-10)11-5-3-4-6-13(11)18(14)2/h3-9H,1-2H3,(H2,16,17,19). The molecule has 0 saturated heterocycles. The average Bonchev–Trinajstić information content (AvgIpc) is 2.73. The topological polar surface area (TPSA) is 46.1 Å². The van der Waals surface area contributed by atoms with Crippen molar-refractivity contribution >= 4 is 33.5 Å². The molecule has 0 fully saturated rings. The Balaban J connectivity index is 2.22. The summed E-state index contributed by atoms with van der Waals surface area (Å²) in [6, 6.07) is 14.0. The van der Waals surface area contributed by atoms with E-state index >= 15 is 0 Å². The van der Waals surface area contributed by atoms with Gasteiger partial charge in [-0.15, -0.1) is 0 Å². The molecule has 3 aromatic rings. The van der Waals surface area contributed by atoms with Crippen LogP contribution in [0.5, 0.6) is 0 Å². The highest BCUT2D eigenvalue weighted by atomic mass is 16.2. The van der Waals surface area contributed by atoms with Gasteiger partial charge in [0.25, 0.3) is 0 Å². The van der Waals surface area contributed by atoms with Crippen molar-refractivity contribution in [3.8, 4) is 0 Å². The first kappa shape index (κ1) is 11.6. The third-order valence-electron chi connectivity index (χ3n) is 3.40. The highest BCUT2D eigenvalue weighted by molar-refractivity contribution is 6.09. The summed E-state index contributed by atoms with van der Waals surface area (Å²) in [7, 11) is 3.66. The van der Waals surface area contributed by atoms with Gasteiger partial charge in [-0.05, 0) is 24.3 Å². The SMILES string of the molecule is CNC(=O)Nc1ccc2c(c1)c1ccccc1n2C. The number of carbonyl (C=O) groups is 1. The number of hydrogen-bond donors (Lipinski definition) is 2. The van der Waals surface area contributed by atoms with Crippen molar-refractivity contribution in [3.63, 3.8) is 0 Å². The number of benzene rings is 2. The summed E-state index contributed by atoms with van der Waals surface area (Å²) in [5.41, 5.74) is 3.14. The van der Waals surface area contributed by atoms with Crippen LogP contribution in [0.4, 0.5) is 10.5 Å². The molecule has 1 aromatic heterocycles. The van der Waals surface area contributed by atoms with E-state index in [4.69, 9.17) is 0 Å². The second-order valence-electron chi connectivity index (χ2n) is 4.51. The Morgan fingerprint density at radius 1 is 1.05 bits per heavy atom. The van der Waals surface area contributed by atoms with Crippen molar-refractivity contribution in [2.24, 2.45) is 7.05 Å². The summed E-state index contributed by atoms with van der Waals surface area (Å²) in [5.74, 6) is 0. The average molecular weight is 253 g/mol. The molecule has 4 nitrogen and oxygen atoms in total. The van der Waals surface area contributed by atoms with Gasteiger partial charge in [-0.1, -0.05) is 18.2 Å². The van der Waals surface area contributed by atoms with Gasteiger partial charge in [0.2, 0.25) is 0 Å². The summed E-state index contributed by atoms with van der Waals surface area (Å²) in [5, 5.41) is 7.69. The van der Waals surface area contributed by atoms with E-state index in [1.807, 2.05) is 30.3 Å². The third-order valence-corrected chi connectivity index (χ3v) is 3.40. The van der Waals surface area contributed by atoms with Crippen LogP contribution in [0, 0.1) is 0 Å². The van der Waals surface area contributed by atoms with E-state index in [1.54, 1.807) is 7.05 Å². The first-order valence-corrected chi connectivity index (χ1v) is 6.16. The summed E-state index contributed by atoms with van der Waals surface area (Å²) < 4.78 is 2.16. The minimum atomic E-state index is -0.209. The molecule has 0 aliphatic carbocycles. The molecule has 4 heteroatoms. The van der Waals surface area contributed by atoms with Gasteiger partial charge in [-0.25, -0.2) is 4.79 Å². The van der Waals surface area contributed by atoms with Crippen molar-refractivity contribution in [1.82, 2.24) is 9.88 Å². The molecular weight excluding hydrogens is 238 g/mol. The second-order valence-corrected chi connectivity index (χ2v) is 4.51. The number of rotatable bonds is 1. The lowest BCUT2D eigenvalue weighted by Gasteiger charge is -2.04. The molecular formula is C15H15N3O. The fourth-order valence-electron chi connectivity index (χ4n) is 2.44. The number of urea groups is 1. The van der Waals surface area contributed by atoms with Crippen molar-refractivity contribution in [2.75, 3.05) is 12.4 Å². The minimum absolute atomic E-state index is 0.209. The van der Waals surface area contributed by atoms with Crippen LogP contribution < -0.4 is 10.6 Å². The summed E-state index contributed by atoms with van der Waals surface area (Å²) in [4.78, 5) is 11.4. The highest BCUT2D eigenvalue weighted by Crippen LogP contribution is 2.29. The van der Waals surface area contributed by atoms with Gasteiger partial charge in [-0.2, -0.15) is 0 Å². The smallest absolute Gasteiger partial charge is 0.318 e. The number of amides is 2. The number of fused-ring (bicyclic) bond motifs is 3. The molecule has 2 aromatic carbocycles. The zero-order valence-corrected chi connectivity index (χ0v) is 10.9. The fourth-order valence-corrected chi connectivity index (χ4v) is 2.44. The number of hydrogen-bond acceptors (Lipinski definition) is 1. The van der Waals surface area contributed by atoms with E-state index < -0.39 is 0 Å². The summed E-state index contributed by atoms with van der Waals surface area (Å²) >= 11 is 0. The van der Waals surface area contributed by atoms with Crippen LogP contribution in [0.3, 0.4) is 0 Å². The van der Waals surface area contributed by atoms with Crippen molar-refractivity contribution in [2.45, 2.75) is 0 Å². The van der Waals surface area contributed by atoms with Gasteiger partial charge in [-0.3, -0.25) is 0 Å². The summed E-state index contributed by atoms with van der Waals surface area (Å²) in [6.45, 7) is 0. The lowest BCUT2D eigenvalue weighted by Crippen LogP contribution is -2.24. The molecule has 96 valence electrons. The maximum absolute atomic E-state index is 11.4. The Kier molecular flexibility index (Phi) is 2.63. The van der Waals surface area contributed by atoms with Crippen LogP contribution >= 0.6 is 0 Å². The third kappa shape index (κ3) is 1.81. The second kappa shape index (κ2) is 4.31. The normalized spacial score (nSPS) is 10.8. The van der Waals surface area contributed by atoms with Crippen LogP contribution in [-0.4, -0.2) is 17.6 Å². The van der Waals surface area contributed by atoms with Gasteiger partial charge in [0.1, 0.15) is 0 Å². The lowest BCUT2D eigenvalue weighted by atomic mass is 10.1. The molecule has 1 heterocycles. The number of nitrogens with one attached hydrogen (secondary N) is 2. The summed E-state index contributed by atoms with van der Waals surface area (Å²) in [6.07, 6.45) is 0.